The van der Waals surface area contributed by atoms with Crippen LogP contribution in [0.2, 0.25) is 0 Å². The Bertz CT molecular complexity index is 198. The number of carboxylic acids is 1. The fraction of sp³-hybridized carbons (Fsp3) is 0.800. The van der Waals surface area contributed by atoms with Gasteiger partial charge in [-0.15, -0.1) is 0 Å². The molecule has 0 bridgehead atoms. The van der Waals surface area contributed by atoms with Crippen molar-refractivity contribution < 1.29 is 14.7 Å². The predicted octanol–water partition coefficient (Wildman–Crippen LogP) is 1.50. The number of hydrogen-bond acceptors (Lipinski definition) is 2. The normalized spacial score (nSPS) is 11.1. The third kappa shape index (κ3) is 2.47. The second-order valence-electron chi connectivity index (χ2n) is 3.55. The molecule has 4 nitrogen and oxygen atoms in total. The van der Waals surface area contributed by atoms with Crippen LogP contribution in [0.5, 0.6) is 0 Å². The van der Waals surface area contributed by atoms with E-state index in [9.17, 15) is 14.7 Å². The summed E-state index contributed by atoms with van der Waals surface area (Å²) in [7, 11) is 1.53. The summed E-state index contributed by atoms with van der Waals surface area (Å²) in [6, 6.07) is 0. The van der Waals surface area contributed by atoms with Gasteiger partial charge < -0.3 is 10.0 Å². The van der Waals surface area contributed by atoms with Gasteiger partial charge in [-0.1, -0.05) is 26.7 Å². The largest absolute Gasteiger partial charge is 0.479 e. The first-order valence-corrected chi connectivity index (χ1v) is 4.96. The van der Waals surface area contributed by atoms with E-state index in [2.05, 4.69) is 0 Å². The van der Waals surface area contributed by atoms with Crippen molar-refractivity contribution >= 4 is 12.4 Å². The summed E-state index contributed by atoms with van der Waals surface area (Å²) in [6.07, 6.45) is 3.12. The summed E-state index contributed by atoms with van der Waals surface area (Å²) in [6.45, 7) is 3.85. The van der Waals surface area contributed by atoms with Crippen LogP contribution in [0.1, 0.15) is 39.5 Å². The van der Waals surface area contributed by atoms with Gasteiger partial charge in [0.05, 0.1) is 0 Å². The summed E-state index contributed by atoms with van der Waals surface area (Å²) in [5.41, 5.74) is -1.01. The maximum absolute atomic E-state index is 11.2. The first-order chi connectivity index (χ1) is 6.55. The molecule has 0 aromatic rings. The average Bonchev–Trinajstić information content (AvgIpc) is 2.15. The van der Waals surface area contributed by atoms with Crippen molar-refractivity contribution in [3.8, 4) is 0 Å². The maximum Gasteiger partial charge on any atom is 0.329 e. The standard InChI is InChI=1S/C10H19NO3/c1-4-6-10(7-5-2,9(13)14)11(3)8-12/h8H,4-7H2,1-3H3,(H,13,14). The molecule has 1 N–H and O–H groups in total. The topological polar surface area (TPSA) is 57.6 Å². The minimum atomic E-state index is -1.01. The van der Waals surface area contributed by atoms with Gasteiger partial charge in [0.15, 0.2) is 0 Å². The number of carbonyl (C=O) groups is 2. The Hall–Kier alpha value is -1.06. The van der Waals surface area contributed by atoms with Crippen LogP contribution in [0.25, 0.3) is 0 Å². The molecule has 0 aromatic carbocycles. The van der Waals surface area contributed by atoms with E-state index in [-0.39, 0.29) is 0 Å². The molecule has 0 aliphatic rings. The van der Waals surface area contributed by atoms with Gasteiger partial charge in [-0.2, -0.15) is 0 Å². The Kier molecular flexibility index (Phi) is 5.20. The van der Waals surface area contributed by atoms with Crippen molar-refractivity contribution in [2.45, 2.75) is 45.1 Å². The molecule has 0 atom stereocenters. The molecule has 0 heterocycles. The molecule has 0 aromatic heterocycles. The first kappa shape index (κ1) is 12.9. The zero-order valence-electron chi connectivity index (χ0n) is 9.12. The van der Waals surface area contributed by atoms with Gasteiger partial charge in [-0.3, -0.25) is 4.79 Å². The van der Waals surface area contributed by atoms with Crippen LogP contribution in [0, 0.1) is 0 Å². The minimum absolute atomic E-state index is 0.505. The number of likely N-dealkylation sites (N-methyl/N-ethyl adjacent to an activating group) is 1. The van der Waals surface area contributed by atoms with Gasteiger partial charge in [-0.25, -0.2) is 4.79 Å². The number of aliphatic carboxylic acids is 1. The van der Waals surface area contributed by atoms with E-state index in [1.54, 1.807) is 0 Å². The van der Waals surface area contributed by atoms with E-state index in [0.29, 0.717) is 19.3 Å². The molecule has 0 radical (unpaired) electrons. The highest BCUT2D eigenvalue weighted by Crippen LogP contribution is 2.25. The van der Waals surface area contributed by atoms with Crippen LogP contribution < -0.4 is 0 Å². The van der Waals surface area contributed by atoms with E-state index in [0.717, 1.165) is 12.8 Å². The van der Waals surface area contributed by atoms with E-state index in [1.165, 1.54) is 11.9 Å². The van der Waals surface area contributed by atoms with Crippen LogP contribution >= 0.6 is 0 Å². The monoisotopic (exact) mass is 201 g/mol. The summed E-state index contributed by atoms with van der Waals surface area (Å²) in [5, 5.41) is 9.19. The maximum atomic E-state index is 11.2. The average molecular weight is 201 g/mol. The van der Waals surface area contributed by atoms with Gasteiger partial charge in [0, 0.05) is 7.05 Å². The number of carbonyl (C=O) groups excluding carboxylic acids is 1. The van der Waals surface area contributed by atoms with Gasteiger partial charge in [0.1, 0.15) is 5.54 Å². The van der Waals surface area contributed by atoms with Crippen LogP contribution in [0.15, 0.2) is 0 Å². The van der Waals surface area contributed by atoms with Crippen LogP contribution in [-0.4, -0.2) is 35.0 Å². The van der Waals surface area contributed by atoms with Crippen molar-refractivity contribution in [1.82, 2.24) is 4.90 Å². The Morgan fingerprint density at radius 1 is 1.36 bits per heavy atom. The molecular weight excluding hydrogens is 182 g/mol. The Labute approximate surface area is 84.9 Å². The number of nitrogens with zero attached hydrogens (tertiary/aromatic N) is 1. The van der Waals surface area contributed by atoms with E-state index < -0.39 is 11.5 Å². The molecule has 82 valence electrons. The van der Waals surface area contributed by atoms with E-state index in [4.69, 9.17) is 0 Å². The number of amides is 1. The lowest BCUT2D eigenvalue weighted by Crippen LogP contribution is -2.52. The van der Waals surface area contributed by atoms with Crippen molar-refractivity contribution in [2.75, 3.05) is 7.05 Å². The van der Waals surface area contributed by atoms with Crippen LogP contribution in [0.4, 0.5) is 0 Å². The van der Waals surface area contributed by atoms with Crippen molar-refractivity contribution in [1.29, 1.82) is 0 Å². The van der Waals surface area contributed by atoms with Crippen LogP contribution in [0.3, 0.4) is 0 Å². The first-order valence-electron chi connectivity index (χ1n) is 4.96. The third-order valence-corrected chi connectivity index (χ3v) is 2.56. The predicted molar refractivity (Wildman–Crippen MR) is 54.0 cm³/mol. The lowest BCUT2D eigenvalue weighted by molar-refractivity contribution is -0.155. The fourth-order valence-electron chi connectivity index (χ4n) is 1.77. The van der Waals surface area contributed by atoms with Crippen LogP contribution in [-0.2, 0) is 9.59 Å². The van der Waals surface area contributed by atoms with Crippen molar-refractivity contribution in [3.63, 3.8) is 0 Å². The second-order valence-corrected chi connectivity index (χ2v) is 3.55. The molecule has 0 rings (SSSR count). The van der Waals surface area contributed by atoms with Crippen molar-refractivity contribution in [2.24, 2.45) is 0 Å². The highest BCUT2D eigenvalue weighted by Gasteiger charge is 2.40. The molecular formula is C10H19NO3. The highest BCUT2D eigenvalue weighted by molar-refractivity contribution is 5.81. The second kappa shape index (κ2) is 5.62. The Morgan fingerprint density at radius 3 is 2.00 bits per heavy atom. The number of carboxylic acid groups (broad SMARTS) is 1. The van der Waals surface area contributed by atoms with Crippen molar-refractivity contribution in [3.05, 3.63) is 0 Å². The van der Waals surface area contributed by atoms with Gasteiger partial charge >= 0.3 is 5.97 Å². The summed E-state index contributed by atoms with van der Waals surface area (Å²) >= 11 is 0. The summed E-state index contributed by atoms with van der Waals surface area (Å²) in [5.74, 6) is -0.907. The molecule has 4 heteroatoms. The number of rotatable bonds is 7. The molecule has 0 saturated heterocycles. The zero-order valence-corrected chi connectivity index (χ0v) is 9.12. The van der Waals surface area contributed by atoms with Gasteiger partial charge in [0.2, 0.25) is 6.41 Å². The zero-order chi connectivity index (χ0) is 11.2. The molecule has 0 fully saturated rings. The van der Waals surface area contributed by atoms with Gasteiger partial charge in [-0.05, 0) is 12.8 Å². The molecule has 14 heavy (non-hydrogen) atoms. The molecule has 1 amide bonds. The minimum Gasteiger partial charge on any atom is -0.479 e. The van der Waals surface area contributed by atoms with Gasteiger partial charge in [0.25, 0.3) is 0 Å². The Balaban J connectivity index is 4.91. The molecule has 0 saturated carbocycles. The Morgan fingerprint density at radius 2 is 1.79 bits per heavy atom. The molecule has 0 aliphatic heterocycles. The SMILES string of the molecule is CCCC(CCC)(C(=O)O)N(C)C=O. The fourth-order valence-corrected chi connectivity index (χ4v) is 1.77. The third-order valence-electron chi connectivity index (χ3n) is 2.56. The molecule has 0 aliphatic carbocycles. The summed E-state index contributed by atoms with van der Waals surface area (Å²) < 4.78 is 0. The van der Waals surface area contributed by atoms with E-state index >= 15 is 0 Å². The van der Waals surface area contributed by atoms with E-state index in [1.807, 2.05) is 13.8 Å². The lowest BCUT2D eigenvalue weighted by atomic mass is 9.87. The summed E-state index contributed by atoms with van der Waals surface area (Å²) in [4.78, 5) is 23.1. The smallest absolute Gasteiger partial charge is 0.329 e. The highest BCUT2D eigenvalue weighted by atomic mass is 16.4. The quantitative estimate of drug-likeness (QED) is 0.635. The number of hydrogen-bond donors (Lipinski definition) is 1. The lowest BCUT2D eigenvalue weighted by Gasteiger charge is -2.35. The molecule has 0 spiro atoms. The molecule has 0 unspecified atom stereocenters.